The summed E-state index contributed by atoms with van der Waals surface area (Å²) in [6.07, 6.45) is 0.719. The van der Waals surface area contributed by atoms with Crippen LogP contribution in [0.3, 0.4) is 0 Å². The number of likely N-dealkylation sites (N-methyl/N-ethyl adjacent to an activating group) is 1. The molecule has 1 unspecified atom stereocenters. The average molecular weight is 238 g/mol. The summed E-state index contributed by atoms with van der Waals surface area (Å²) < 4.78 is 13.3. The van der Waals surface area contributed by atoms with Crippen LogP contribution in [-0.4, -0.2) is 19.0 Å². The minimum atomic E-state index is -0.416. The fraction of sp³-hybridized carbons (Fsp3) is 0.462. The van der Waals surface area contributed by atoms with E-state index in [1.165, 1.54) is 6.07 Å². The highest BCUT2D eigenvalue weighted by atomic mass is 19.1. The van der Waals surface area contributed by atoms with Crippen LogP contribution in [-0.2, 0) is 4.79 Å². The van der Waals surface area contributed by atoms with Crippen LogP contribution in [0.2, 0.25) is 0 Å². The van der Waals surface area contributed by atoms with E-state index in [-0.39, 0.29) is 17.6 Å². The van der Waals surface area contributed by atoms with Gasteiger partial charge in [0.2, 0.25) is 5.91 Å². The van der Waals surface area contributed by atoms with Gasteiger partial charge in [-0.3, -0.25) is 4.79 Å². The lowest BCUT2D eigenvalue weighted by atomic mass is 10.0. The van der Waals surface area contributed by atoms with Crippen molar-refractivity contribution in [3.8, 4) is 0 Å². The fourth-order valence-corrected chi connectivity index (χ4v) is 1.61. The summed E-state index contributed by atoms with van der Waals surface area (Å²) in [5.74, 6) is -0.217. The molecule has 0 aliphatic heterocycles. The van der Waals surface area contributed by atoms with E-state index in [0.29, 0.717) is 5.92 Å². The molecular formula is C13H19FN2O. The van der Waals surface area contributed by atoms with Gasteiger partial charge in [0.25, 0.3) is 0 Å². The Labute approximate surface area is 101 Å². The van der Waals surface area contributed by atoms with Gasteiger partial charge in [-0.25, -0.2) is 4.39 Å². The molecule has 17 heavy (non-hydrogen) atoms. The van der Waals surface area contributed by atoms with E-state index in [1.807, 2.05) is 13.8 Å². The number of benzene rings is 1. The molecule has 0 aromatic heterocycles. The molecule has 1 atom stereocenters. The SMILES string of the molecule is CNC(CC(C)C)C(=O)Nc1ccccc1F. The second-order valence-corrected chi connectivity index (χ2v) is 4.44. The summed E-state index contributed by atoms with van der Waals surface area (Å²) in [6, 6.07) is 5.86. The molecule has 0 saturated carbocycles. The molecule has 1 rings (SSSR count). The van der Waals surface area contributed by atoms with Crippen molar-refractivity contribution in [2.24, 2.45) is 5.92 Å². The molecule has 0 spiro atoms. The van der Waals surface area contributed by atoms with Gasteiger partial charge in [0.15, 0.2) is 0 Å². The van der Waals surface area contributed by atoms with Crippen molar-refractivity contribution < 1.29 is 9.18 Å². The number of rotatable bonds is 5. The number of para-hydroxylation sites is 1. The largest absolute Gasteiger partial charge is 0.322 e. The number of hydrogen-bond donors (Lipinski definition) is 2. The number of nitrogens with one attached hydrogen (secondary N) is 2. The molecule has 0 saturated heterocycles. The summed E-state index contributed by atoms with van der Waals surface area (Å²) in [4.78, 5) is 11.9. The van der Waals surface area contributed by atoms with E-state index < -0.39 is 5.82 Å². The van der Waals surface area contributed by atoms with Gasteiger partial charge >= 0.3 is 0 Å². The zero-order valence-corrected chi connectivity index (χ0v) is 10.5. The predicted octanol–water partition coefficient (Wildman–Crippen LogP) is 2.40. The highest BCUT2D eigenvalue weighted by molar-refractivity contribution is 5.94. The first-order valence-electron chi connectivity index (χ1n) is 5.77. The Morgan fingerprint density at radius 1 is 1.35 bits per heavy atom. The predicted molar refractivity (Wildman–Crippen MR) is 67.3 cm³/mol. The van der Waals surface area contributed by atoms with Gasteiger partial charge in [-0.15, -0.1) is 0 Å². The van der Waals surface area contributed by atoms with E-state index >= 15 is 0 Å². The quantitative estimate of drug-likeness (QED) is 0.827. The first-order valence-corrected chi connectivity index (χ1v) is 5.77. The average Bonchev–Trinajstić information content (AvgIpc) is 2.28. The first kappa shape index (κ1) is 13.6. The molecule has 0 fully saturated rings. The van der Waals surface area contributed by atoms with Crippen LogP contribution < -0.4 is 10.6 Å². The fourth-order valence-electron chi connectivity index (χ4n) is 1.61. The monoisotopic (exact) mass is 238 g/mol. The molecule has 3 nitrogen and oxygen atoms in total. The molecule has 4 heteroatoms. The van der Waals surface area contributed by atoms with E-state index in [0.717, 1.165) is 6.42 Å². The number of carbonyl (C=O) groups excluding carboxylic acids is 1. The Bertz CT molecular complexity index is 379. The van der Waals surface area contributed by atoms with Gasteiger partial charge in [0, 0.05) is 0 Å². The van der Waals surface area contributed by atoms with Crippen molar-refractivity contribution in [1.29, 1.82) is 0 Å². The lowest BCUT2D eigenvalue weighted by Gasteiger charge is -2.18. The zero-order chi connectivity index (χ0) is 12.8. The van der Waals surface area contributed by atoms with E-state index in [1.54, 1.807) is 25.2 Å². The van der Waals surface area contributed by atoms with E-state index in [4.69, 9.17) is 0 Å². The van der Waals surface area contributed by atoms with Crippen LogP contribution in [0.4, 0.5) is 10.1 Å². The Balaban J connectivity index is 2.67. The Kier molecular flexibility index (Phi) is 5.10. The Morgan fingerprint density at radius 2 is 2.00 bits per heavy atom. The smallest absolute Gasteiger partial charge is 0.241 e. The lowest BCUT2D eigenvalue weighted by molar-refractivity contribution is -0.118. The summed E-state index contributed by atoms with van der Waals surface area (Å²) in [5, 5.41) is 5.53. The summed E-state index contributed by atoms with van der Waals surface area (Å²) in [6.45, 7) is 4.08. The van der Waals surface area contributed by atoms with Crippen LogP contribution >= 0.6 is 0 Å². The van der Waals surface area contributed by atoms with Crippen molar-refractivity contribution in [3.63, 3.8) is 0 Å². The molecule has 1 aromatic rings. The molecule has 0 radical (unpaired) electrons. The zero-order valence-electron chi connectivity index (χ0n) is 10.5. The summed E-state index contributed by atoms with van der Waals surface area (Å²) >= 11 is 0. The highest BCUT2D eigenvalue weighted by Crippen LogP contribution is 2.14. The van der Waals surface area contributed by atoms with E-state index in [2.05, 4.69) is 10.6 Å². The summed E-state index contributed by atoms with van der Waals surface area (Å²) in [7, 11) is 1.73. The minimum Gasteiger partial charge on any atom is -0.322 e. The van der Waals surface area contributed by atoms with Crippen LogP contribution in [0.5, 0.6) is 0 Å². The number of hydrogen-bond acceptors (Lipinski definition) is 2. The number of anilines is 1. The van der Waals surface area contributed by atoms with Crippen LogP contribution in [0.15, 0.2) is 24.3 Å². The maximum atomic E-state index is 13.3. The lowest BCUT2D eigenvalue weighted by Crippen LogP contribution is -2.39. The van der Waals surface area contributed by atoms with Crippen molar-refractivity contribution in [1.82, 2.24) is 5.32 Å². The molecule has 0 aliphatic carbocycles. The molecule has 0 heterocycles. The third-order valence-corrected chi connectivity index (χ3v) is 2.50. The van der Waals surface area contributed by atoms with Crippen molar-refractivity contribution in [2.75, 3.05) is 12.4 Å². The number of halogens is 1. The molecule has 2 N–H and O–H groups in total. The van der Waals surface area contributed by atoms with Gasteiger partial charge in [-0.05, 0) is 31.5 Å². The minimum absolute atomic E-state index is 0.202. The topological polar surface area (TPSA) is 41.1 Å². The second kappa shape index (κ2) is 6.35. The van der Waals surface area contributed by atoms with Crippen molar-refractivity contribution >= 4 is 11.6 Å². The van der Waals surface area contributed by atoms with Gasteiger partial charge in [-0.1, -0.05) is 26.0 Å². The number of amides is 1. The number of carbonyl (C=O) groups is 1. The third-order valence-electron chi connectivity index (χ3n) is 2.50. The van der Waals surface area contributed by atoms with Crippen LogP contribution in [0, 0.1) is 11.7 Å². The molecule has 1 aromatic carbocycles. The van der Waals surface area contributed by atoms with Gasteiger partial charge in [0.05, 0.1) is 11.7 Å². The Hall–Kier alpha value is -1.42. The maximum Gasteiger partial charge on any atom is 0.241 e. The van der Waals surface area contributed by atoms with Gasteiger partial charge < -0.3 is 10.6 Å². The molecular weight excluding hydrogens is 219 g/mol. The van der Waals surface area contributed by atoms with E-state index in [9.17, 15) is 9.18 Å². The standard InChI is InChI=1S/C13H19FN2O/c1-9(2)8-12(15-3)13(17)16-11-7-5-4-6-10(11)14/h4-7,9,12,15H,8H2,1-3H3,(H,16,17). The Morgan fingerprint density at radius 3 is 2.53 bits per heavy atom. The maximum absolute atomic E-state index is 13.3. The third kappa shape index (κ3) is 4.15. The van der Waals surface area contributed by atoms with Crippen molar-refractivity contribution in [2.45, 2.75) is 26.3 Å². The van der Waals surface area contributed by atoms with Gasteiger partial charge in [-0.2, -0.15) is 0 Å². The van der Waals surface area contributed by atoms with Crippen LogP contribution in [0.25, 0.3) is 0 Å². The van der Waals surface area contributed by atoms with Gasteiger partial charge in [0.1, 0.15) is 5.82 Å². The molecule has 0 aliphatic rings. The molecule has 0 bridgehead atoms. The van der Waals surface area contributed by atoms with Crippen LogP contribution in [0.1, 0.15) is 20.3 Å². The first-order chi connectivity index (χ1) is 8.04. The molecule has 1 amide bonds. The highest BCUT2D eigenvalue weighted by Gasteiger charge is 2.18. The normalized spacial score (nSPS) is 12.5. The van der Waals surface area contributed by atoms with Crippen molar-refractivity contribution in [3.05, 3.63) is 30.1 Å². The molecule has 94 valence electrons. The second-order valence-electron chi connectivity index (χ2n) is 4.44. The summed E-state index contributed by atoms with van der Waals surface area (Å²) in [5.41, 5.74) is 0.224.